The number of hydrogen-bond donors (Lipinski definition) is 1. The molecular formula is C17H37N4O3P. The fourth-order valence-electron chi connectivity index (χ4n) is 3.07. The van der Waals surface area contributed by atoms with Gasteiger partial charge in [0.2, 0.25) is 5.96 Å². The first-order chi connectivity index (χ1) is 12.1. The molecule has 1 aliphatic rings. The molecule has 7 nitrogen and oxygen atoms in total. The van der Waals surface area contributed by atoms with Gasteiger partial charge in [0.1, 0.15) is 0 Å². The van der Waals surface area contributed by atoms with Gasteiger partial charge in [-0.1, -0.05) is 64.7 Å². The standard InChI is InChI=1S/C17H37N4O3P/c1-4-5-6-7-8-9-10-11-12-13-14-21-16-15-20(2)17(21)19-25(22,23-3)24-18/h4-16,18H2,1-3H3. The number of likely N-dealkylation sites (N-methyl/N-ethyl adjacent to an activating group) is 1. The minimum Gasteiger partial charge on any atom is -0.344 e. The van der Waals surface area contributed by atoms with Crippen molar-refractivity contribution < 1.29 is 13.7 Å². The van der Waals surface area contributed by atoms with E-state index >= 15 is 0 Å². The van der Waals surface area contributed by atoms with Gasteiger partial charge in [-0.15, -0.1) is 4.76 Å². The first-order valence-electron chi connectivity index (χ1n) is 9.67. The van der Waals surface area contributed by atoms with E-state index in [1.807, 2.05) is 11.9 Å². The number of nitrogens with two attached hydrogens (primary N) is 1. The number of hydrogen-bond acceptors (Lipinski definition) is 4. The van der Waals surface area contributed by atoms with Crippen LogP contribution >= 0.6 is 7.75 Å². The monoisotopic (exact) mass is 376 g/mol. The molecule has 148 valence electrons. The minimum atomic E-state index is -3.59. The van der Waals surface area contributed by atoms with Crippen molar-refractivity contribution in [3.8, 4) is 0 Å². The van der Waals surface area contributed by atoms with E-state index in [2.05, 4.69) is 21.2 Å². The van der Waals surface area contributed by atoms with E-state index in [1.54, 1.807) is 0 Å². The zero-order valence-corrected chi connectivity index (χ0v) is 17.2. The van der Waals surface area contributed by atoms with Crippen LogP contribution in [0.25, 0.3) is 0 Å². The second-order valence-electron chi connectivity index (χ2n) is 6.75. The second kappa shape index (κ2) is 12.7. The number of nitrogens with zero attached hydrogens (tertiary/aromatic N) is 3. The Hall–Kier alpha value is -0.620. The Kier molecular flexibility index (Phi) is 11.4. The zero-order chi connectivity index (χ0) is 18.5. The molecule has 0 amide bonds. The second-order valence-corrected chi connectivity index (χ2v) is 8.46. The van der Waals surface area contributed by atoms with Gasteiger partial charge in [0.15, 0.2) is 0 Å². The van der Waals surface area contributed by atoms with Crippen LogP contribution in [0.5, 0.6) is 0 Å². The van der Waals surface area contributed by atoms with Crippen molar-refractivity contribution in [1.29, 1.82) is 0 Å². The Morgan fingerprint density at radius 3 is 2.12 bits per heavy atom. The molecule has 0 aromatic carbocycles. The normalized spacial score (nSPS) is 19.0. The van der Waals surface area contributed by atoms with E-state index in [4.69, 9.17) is 10.4 Å². The van der Waals surface area contributed by atoms with Crippen LogP contribution < -0.4 is 5.90 Å². The lowest BCUT2D eigenvalue weighted by molar-refractivity contribution is 0.239. The molecular weight excluding hydrogens is 339 g/mol. The van der Waals surface area contributed by atoms with Gasteiger partial charge in [-0.25, -0.2) is 15.1 Å². The molecule has 1 rings (SSSR count). The van der Waals surface area contributed by atoms with Crippen molar-refractivity contribution in [1.82, 2.24) is 9.80 Å². The molecule has 1 heterocycles. The van der Waals surface area contributed by atoms with E-state index in [0.29, 0.717) is 5.96 Å². The van der Waals surface area contributed by atoms with Gasteiger partial charge in [0.05, 0.1) is 0 Å². The Morgan fingerprint density at radius 1 is 1.04 bits per heavy atom. The summed E-state index contributed by atoms with van der Waals surface area (Å²) in [5, 5.41) is 0. The summed E-state index contributed by atoms with van der Waals surface area (Å²) in [5.74, 6) is 5.71. The van der Waals surface area contributed by atoms with Gasteiger partial charge in [-0.2, -0.15) is 0 Å². The molecule has 8 heteroatoms. The lowest BCUT2D eigenvalue weighted by atomic mass is 10.1. The molecule has 0 bridgehead atoms. The van der Waals surface area contributed by atoms with Gasteiger partial charge in [-0.3, -0.25) is 4.52 Å². The highest BCUT2D eigenvalue weighted by molar-refractivity contribution is 7.52. The predicted octanol–water partition coefficient (Wildman–Crippen LogP) is 4.16. The zero-order valence-electron chi connectivity index (χ0n) is 16.3. The Morgan fingerprint density at radius 2 is 1.60 bits per heavy atom. The fraction of sp³-hybridized carbons (Fsp3) is 0.941. The van der Waals surface area contributed by atoms with Gasteiger partial charge >= 0.3 is 7.75 Å². The van der Waals surface area contributed by atoms with Crippen LogP contribution in [0.3, 0.4) is 0 Å². The number of rotatable bonds is 14. The van der Waals surface area contributed by atoms with Crippen LogP contribution in [0.2, 0.25) is 0 Å². The molecule has 1 atom stereocenters. The molecule has 1 fully saturated rings. The summed E-state index contributed by atoms with van der Waals surface area (Å²) in [7, 11) is -0.373. The molecule has 0 spiro atoms. The highest BCUT2D eigenvalue weighted by Gasteiger charge is 2.29. The van der Waals surface area contributed by atoms with E-state index in [0.717, 1.165) is 26.1 Å². The maximum Gasteiger partial charge on any atom is 0.473 e. The predicted molar refractivity (Wildman–Crippen MR) is 103 cm³/mol. The fourth-order valence-corrected chi connectivity index (χ4v) is 3.78. The highest BCUT2D eigenvalue weighted by Crippen LogP contribution is 2.47. The largest absolute Gasteiger partial charge is 0.473 e. The lowest BCUT2D eigenvalue weighted by Gasteiger charge is -2.21. The van der Waals surface area contributed by atoms with E-state index in [-0.39, 0.29) is 0 Å². The maximum atomic E-state index is 12.1. The van der Waals surface area contributed by atoms with E-state index in [9.17, 15) is 4.57 Å². The number of unbranched alkanes of at least 4 members (excludes halogenated alkanes) is 9. The van der Waals surface area contributed by atoms with Gasteiger partial charge in [0.25, 0.3) is 0 Å². The first kappa shape index (κ1) is 22.4. The van der Waals surface area contributed by atoms with Crippen LogP contribution in [0, 0.1) is 0 Å². The van der Waals surface area contributed by atoms with Crippen molar-refractivity contribution in [2.75, 3.05) is 33.8 Å². The molecule has 25 heavy (non-hydrogen) atoms. The van der Waals surface area contributed by atoms with Crippen LogP contribution in [0.15, 0.2) is 4.76 Å². The quantitative estimate of drug-likeness (QED) is 0.279. The Balaban J connectivity index is 2.23. The summed E-state index contributed by atoms with van der Waals surface area (Å²) in [4.78, 5) is 4.09. The molecule has 1 unspecified atom stereocenters. The molecule has 1 saturated heterocycles. The maximum absolute atomic E-state index is 12.1. The van der Waals surface area contributed by atoms with Crippen molar-refractivity contribution in [3.05, 3.63) is 0 Å². The minimum absolute atomic E-state index is 0.645. The van der Waals surface area contributed by atoms with Crippen molar-refractivity contribution >= 4 is 13.7 Å². The van der Waals surface area contributed by atoms with Crippen LogP contribution in [0.1, 0.15) is 71.1 Å². The average Bonchev–Trinajstić information content (AvgIpc) is 2.96. The molecule has 0 aromatic heterocycles. The summed E-state index contributed by atoms with van der Waals surface area (Å²) in [6.07, 6.45) is 13.1. The summed E-state index contributed by atoms with van der Waals surface area (Å²) < 4.78 is 25.5. The lowest BCUT2D eigenvalue weighted by Crippen LogP contribution is -2.32. The van der Waals surface area contributed by atoms with Crippen LogP contribution in [-0.2, 0) is 13.7 Å². The molecule has 0 saturated carbocycles. The highest BCUT2D eigenvalue weighted by atomic mass is 31.2. The molecule has 0 aliphatic carbocycles. The topological polar surface area (TPSA) is 80.4 Å². The van der Waals surface area contributed by atoms with E-state index in [1.165, 1.54) is 64.9 Å². The third kappa shape index (κ3) is 8.54. The van der Waals surface area contributed by atoms with Crippen LogP contribution in [0.4, 0.5) is 0 Å². The van der Waals surface area contributed by atoms with Gasteiger partial charge < -0.3 is 9.80 Å². The SMILES string of the molecule is CCCCCCCCCCCCN1CCN(C)C1=NP(=O)(OC)ON. The third-order valence-electron chi connectivity index (χ3n) is 4.69. The molecule has 0 aromatic rings. The van der Waals surface area contributed by atoms with Crippen LogP contribution in [-0.4, -0.2) is 49.6 Å². The summed E-state index contributed by atoms with van der Waals surface area (Å²) in [6, 6.07) is 0. The summed E-state index contributed by atoms with van der Waals surface area (Å²) in [5.41, 5.74) is 0. The first-order valence-corrected chi connectivity index (χ1v) is 11.2. The Bertz CT molecular complexity index is 426. The molecule has 1 aliphatic heterocycles. The van der Waals surface area contributed by atoms with Gasteiger partial charge in [-0.05, 0) is 6.42 Å². The van der Waals surface area contributed by atoms with Crippen molar-refractivity contribution in [2.45, 2.75) is 71.1 Å². The van der Waals surface area contributed by atoms with E-state index < -0.39 is 7.75 Å². The number of guanidine groups is 1. The Labute approximate surface area is 153 Å². The van der Waals surface area contributed by atoms with Crippen molar-refractivity contribution in [3.63, 3.8) is 0 Å². The third-order valence-corrected chi connectivity index (χ3v) is 5.84. The van der Waals surface area contributed by atoms with Crippen molar-refractivity contribution in [2.24, 2.45) is 10.7 Å². The molecule has 2 N–H and O–H groups in total. The summed E-state index contributed by atoms with van der Waals surface area (Å²) in [6.45, 7) is 4.89. The summed E-state index contributed by atoms with van der Waals surface area (Å²) >= 11 is 0. The average molecular weight is 376 g/mol. The molecule has 0 radical (unpaired) electrons. The smallest absolute Gasteiger partial charge is 0.344 e. The van der Waals surface area contributed by atoms with Gasteiger partial charge in [0, 0.05) is 33.8 Å².